The molecule has 0 saturated carbocycles. The zero-order chi connectivity index (χ0) is 21.0. The highest BCUT2D eigenvalue weighted by atomic mass is 19.4. The molecule has 0 amide bonds. The van der Waals surface area contributed by atoms with Crippen molar-refractivity contribution in [3.63, 3.8) is 0 Å². The minimum absolute atomic E-state index is 0.00480. The van der Waals surface area contributed by atoms with Crippen molar-refractivity contribution < 1.29 is 27.8 Å². The van der Waals surface area contributed by atoms with Gasteiger partial charge in [-0.25, -0.2) is 4.79 Å². The van der Waals surface area contributed by atoms with E-state index in [1.807, 2.05) is 6.07 Å². The van der Waals surface area contributed by atoms with Gasteiger partial charge in [0.05, 0.1) is 22.4 Å². The van der Waals surface area contributed by atoms with E-state index in [1.54, 1.807) is 6.07 Å². The second-order valence-corrected chi connectivity index (χ2v) is 6.01. The lowest BCUT2D eigenvalue weighted by atomic mass is 10.0. The molecule has 0 saturated heterocycles. The Morgan fingerprint density at radius 3 is 2.48 bits per heavy atom. The van der Waals surface area contributed by atoms with Crippen molar-refractivity contribution in [2.75, 3.05) is 0 Å². The summed E-state index contributed by atoms with van der Waals surface area (Å²) >= 11 is 0. The van der Waals surface area contributed by atoms with Crippen molar-refractivity contribution in [3.05, 3.63) is 83.0 Å². The molecule has 0 aliphatic heterocycles. The molecular formula is C21H13F3N2O3. The highest BCUT2D eigenvalue weighted by Crippen LogP contribution is 2.30. The van der Waals surface area contributed by atoms with Gasteiger partial charge in [0.15, 0.2) is 0 Å². The van der Waals surface area contributed by atoms with Gasteiger partial charge in [0, 0.05) is 11.8 Å². The molecule has 3 rings (SSSR count). The molecule has 2 aromatic carbocycles. The first-order chi connectivity index (χ1) is 13.8. The van der Waals surface area contributed by atoms with E-state index < -0.39 is 17.7 Å². The molecule has 3 aromatic rings. The lowest BCUT2D eigenvalue weighted by Crippen LogP contribution is -2.05. The Morgan fingerprint density at radius 1 is 1.14 bits per heavy atom. The topological polar surface area (TPSA) is 83.2 Å². The Bertz CT molecular complexity index is 1090. The van der Waals surface area contributed by atoms with E-state index in [0.717, 1.165) is 12.1 Å². The van der Waals surface area contributed by atoms with E-state index in [2.05, 4.69) is 4.98 Å². The van der Waals surface area contributed by atoms with Gasteiger partial charge >= 0.3 is 12.1 Å². The van der Waals surface area contributed by atoms with Gasteiger partial charge < -0.3 is 9.84 Å². The monoisotopic (exact) mass is 398 g/mol. The molecule has 0 aliphatic carbocycles. The number of carbonyl (C=O) groups is 1. The number of nitrogens with zero attached hydrogens (tertiary/aromatic N) is 2. The fraction of sp³-hybridized carbons (Fsp3) is 0.0952. The van der Waals surface area contributed by atoms with E-state index in [1.165, 1.54) is 42.6 Å². The number of alkyl halides is 3. The minimum atomic E-state index is -4.41. The first-order valence-electron chi connectivity index (χ1n) is 8.31. The van der Waals surface area contributed by atoms with Crippen molar-refractivity contribution in [1.82, 2.24) is 4.98 Å². The number of carboxylic acid groups (broad SMARTS) is 1. The molecule has 8 heteroatoms. The molecule has 0 unspecified atom stereocenters. The van der Waals surface area contributed by atoms with Gasteiger partial charge in [0.25, 0.3) is 0 Å². The lowest BCUT2D eigenvalue weighted by Gasteiger charge is -2.11. The maximum Gasteiger partial charge on any atom is 0.416 e. The number of halogens is 3. The quantitative estimate of drug-likeness (QED) is 0.660. The SMILES string of the molecule is N#Cc1cc(-c2ncccc2C(=O)O)ccc1OCc1ccc(C(F)(F)F)cc1. The van der Waals surface area contributed by atoms with Crippen LogP contribution in [0, 0.1) is 11.3 Å². The van der Waals surface area contributed by atoms with Crippen LogP contribution in [0.2, 0.25) is 0 Å². The summed E-state index contributed by atoms with van der Waals surface area (Å²) in [6.45, 7) is -0.0316. The number of aromatic nitrogens is 1. The number of pyridine rings is 1. The number of rotatable bonds is 5. The van der Waals surface area contributed by atoms with Crippen LogP contribution in [0.3, 0.4) is 0 Å². The van der Waals surface area contributed by atoms with Crippen molar-refractivity contribution in [1.29, 1.82) is 5.26 Å². The smallest absolute Gasteiger partial charge is 0.416 e. The Balaban J connectivity index is 1.82. The predicted octanol–water partition coefficient (Wildman–Crippen LogP) is 4.92. The van der Waals surface area contributed by atoms with Crippen molar-refractivity contribution >= 4 is 5.97 Å². The Labute approximate surface area is 163 Å². The van der Waals surface area contributed by atoms with Crippen LogP contribution in [0.1, 0.15) is 27.0 Å². The van der Waals surface area contributed by atoms with Crippen LogP contribution in [0.15, 0.2) is 60.8 Å². The van der Waals surface area contributed by atoms with Gasteiger partial charge in [-0.3, -0.25) is 4.98 Å². The molecule has 1 heterocycles. The molecule has 0 spiro atoms. The first-order valence-corrected chi connectivity index (χ1v) is 8.31. The van der Waals surface area contributed by atoms with E-state index in [-0.39, 0.29) is 29.2 Å². The Morgan fingerprint density at radius 2 is 1.86 bits per heavy atom. The van der Waals surface area contributed by atoms with E-state index in [4.69, 9.17) is 4.74 Å². The Kier molecular flexibility index (Phi) is 5.50. The predicted molar refractivity (Wildman–Crippen MR) is 97.1 cm³/mol. The summed E-state index contributed by atoms with van der Waals surface area (Å²) in [7, 11) is 0. The second kappa shape index (κ2) is 8.02. The summed E-state index contributed by atoms with van der Waals surface area (Å²) in [5, 5.41) is 18.7. The van der Waals surface area contributed by atoms with Crippen molar-refractivity contribution in [2.24, 2.45) is 0 Å². The van der Waals surface area contributed by atoms with Gasteiger partial charge in [-0.05, 0) is 48.0 Å². The lowest BCUT2D eigenvalue weighted by molar-refractivity contribution is -0.137. The van der Waals surface area contributed by atoms with Crippen LogP contribution in [-0.4, -0.2) is 16.1 Å². The maximum absolute atomic E-state index is 12.6. The Hall–Kier alpha value is -3.86. The van der Waals surface area contributed by atoms with Crippen LogP contribution in [0.4, 0.5) is 13.2 Å². The van der Waals surface area contributed by atoms with Gasteiger partial charge in [-0.2, -0.15) is 18.4 Å². The largest absolute Gasteiger partial charge is 0.488 e. The fourth-order valence-electron chi connectivity index (χ4n) is 2.65. The summed E-state index contributed by atoms with van der Waals surface area (Å²) in [5.41, 5.74) is 0.537. The van der Waals surface area contributed by atoms with Gasteiger partial charge in [-0.1, -0.05) is 12.1 Å². The number of hydrogen-bond donors (Lipinski definition) is 1. The minimum Gasteiger partial charge on any atom is -0.488 e. The van der Waals surface area contributed by atoms with Gasteiger partial charge in [0.1, 0.15) is 18.4 Å². The number of hydrogen-bond acceptors (Lipinski definition) is 4. The highest BCUT2D eigenvalue weighted by Gasteiger charge is 2.29. The molecule has 1 N–H and O–H groups in total. The normalized spacial score (nSPS) is 11.0. The molecule has 29 heavy (non-hydrogen) atoms. The fourth-order valence-corrected chi connectivity index (χ4v) is 2.65. The maximum atomic E-state index is 12.6. The van der Waals surface area contributed by atoms with Crippen LogP contribution >= 0.6 is 0 Å². The van der Waals surface area contributed by atoms with Crippen LogP contribution in [-0.2, 0) is 12.8 Å². The molecule has 0 radical (unpaired) electrons. The number of benzene rings is 2. The zero-order valence-electron chi connectivity index (χ0n) is 14.8. The van der Waals surface area contributed by atoms with Crippen molar-refractivity contribution in [2.45, 2.75) is 12.8 Å². The average Bonchev–Trinajstić information content (AvgIpc) is 2.71. The molecule has 0 aliphatic rings. The van der Waals surface area contributed by atoms with Gasteiger partial charge in [-0.15, -0.1) is 0 Å². The number of aromatic carboxylic acids is 1. The molecule has 0 atom stereocenters. The molecule has 146 valence electrons. The summed E-state index contributed by atoms with van der Waals surface area (Å²) in [4.78, 5) is 15.4. The highest BCUT2D eigenvalue weighted by molar-refractivity contribution is 5.94. The molecule has 0 bridgehead atoms. The van der Waals surface area contributed by atoms with Gasteiger partial charge in [0.2, 0.25) is 0 Å². The summed E-state index contributed by atoms with van der Waals surface area (Å²) < 4.78 is 43.4. The second-order valence-electron chi connectivity index (χ2n) is 6.01. The molecule has 5 nitrogen and oxygen atoms in total. The number of ether oxygens (including phenoxy) is 1. The van der Waals surface area contributed by atoms with E-state index >= 15 is 0 Å². The zero-order valence-corrected chi connectivity index (χ0v) is 14.8. The van der Waals surface area contributed by atoms with Crippen LogP contribution in [0.25, 0.3) is 11.3 Å². The van der Waals surface area contributed by atoms with Crippen molar-refractivity contribution in [3.8, 4) is 23.1 Å². The van der Waals surface area contributed by atoms with E-state index in [9.17, 15) is 28.3 Å². The summed E-state index contributed by atoms with van der Waals surface area (Å²) in [6, 6.07) is 13.9. The third-order valence-electron chi connectivity index (χ3n) is 4.09. The standard InChI is InChI=1S/C21H13F3N2O3/c22-21(23,24)16-6-3-13(4-7-16)12-29-18-8-5-14(10-15(18)11-25)19-17(20(27)28)2-1-9-26-19/h1-10H,12H2,(H,27,28). The third-order valence-corrected chi connectivity index (χ3v) is 4.09. The van der Waals surface area contributed by atoms with E-state index in [0.29, 0.717) is 11.1 Å². The van der Waals surface area contributed by atoms with Crippen LogP contribution < -0.4 is 4.74 Å². The third kappa shape index (κ3) is 4.52. The summed E-state index contributed by atoms with van der Waals surface area (Å²) in [5.74, 6) is -0.918. The number of nitriles is 1. The first kappa shape index (κ1) is 19.9. The van der Waals surface area contributed by atoms with Crippen LogP contribution in [0.5, 0.6) is 5.75 Å². The molecule has 1 aromatic heterocycles. The average molecular weight is 398 g/mol. The molecule has 0 fully saturated rings. The number of carboxylic acids is 1. The molecular weight excluding hydrogens is 385 g/mol. The summed E-state index contributed by atoms with van der Waals surface area (Å²) in [6.07, 6.45) is -2.97.